The number of likely N-dealkylation sites (tertiary alicyclic amines) is 1. The second-order valence-corrected chi connectivity index (χ2v) is 9.66. The molecular formula is C20H23ClN4O4S. The van der Waals surface area contributed by atoms with Gasteiger partial charge in [-0.2, -0.15) is 0 Å². The van der Waals surface area contributed by atoms with Crippen molar-refractivity contribution in [3.63, 3.8) is 0 Å². The molecule has 3 heterocycles. The SMILES string of the molecule is COC(=O)N1CCC2(C1)CN(C(=O)Nc1ncc(C(C)(C)O)s1)c1ccc(Cl)cc12. The Morgan fingerprint density at radius 1 is 1.37 bits per heavy atom. The van der Waals surface area contributed by atoms with Gasteiger partial charge in [-0.25, -0.2) is 14.6 Å². The second kappa shape index (κ2) is 7.40. The molecule has 3 amide bonds. The van der Waals surface area contributed by atoms with E-state index in [1.165, 1.54) is 18.4 Å². The number of anilines is 2. The number of rotatable bonds is 2. The molecule has 1 fully saturated rings. The smallest absolute Gasteiger partial charge is 0.409 e. The van der Waals surface area contributed by atoms with E-state index in [1.807, 2.05) is 12.1 Å². The van der Waals surface area contributed by atoms with Crippen LogP contribution in [0.4, 0.5) is 20.4 Å². The molecule has 10 heteroatoms. The molecule has 0 bridgehead atoms. The number of benzene rings is 1. The fraction of sp³-hybridized carbons (Fsp3) is 0.450. The Kier molecular flexibility index (Phi) is 5.16. The van der Waals surface area contributed by atoms with Crippen LogP contribution >= 0.6 is 22.9 Å². The third-order valence-electron chi connectivity index (χ3n) is 5.64. The topological polar surface area (TPSA) is 95.0 Å². The van der Waals surface area contributed by atoms with E-state index in [2.05, 4.69) is 10.3 Å². The van der Waals surface area contributed by atoms with Gasteiger partial charge in [0.2, 0.25) is 0 Å². The van der Waals surface area contributed by atoms with Gasteiger partial charge < -0.3 is 14.7 Å². The van der Waals surface area contributed by atoms with Crippen molar-refractivity contribution in [3.8, 4) is 0 Å². The van der Waals surface area contributed by atoms with Gasteiger partial charge in [-0.05, 0) is 44.0 Å². The molecule has 8 nitrogen and oxygen atoms in total. The van der Waals surface area contributed by atoms with E-state index in [9.17, 15) is 14.7 Å². The lowest BCUT2D eigenvalue weighted by Gasteiger charge is -2.25. The Bertz CT molecular complexity index is 1000. The van der Waals surface area contributed by atoms with E-state index >= 15 is 0 Å². The highest BCUT2D eigenvalue weighted by Crippen LogP contribution is 2.47. The molecule has 1 atom stereocenters. The first-order valence-electron chi connectivity index (χ1n) is 9.53. The van der Waals surface area contributed by atoms with Crippen LogP contribution in [0.3, 0.4) is 0 Å². The highest BCUT2D eigenvalue weighted by molar-refractivity contribution is 7.15. The highest BCUT2D eigenvalue weighted by atomic mass is 35.5. The molecule has 0 radical (unpaired) electrons. The van der Waals surface area contributed by atoms with Gasteiger partial charge in [-0.15, -0.1) is 0 Å². The quantitative estimate of drug-likeness (QED) is 0.725. The summed E-state index contributed by atoms with van der Waals surface area (Å²) < 4.78 is 4.87. The number of hydrogen-bond donors (Lipinski definition) is 2. The first kappa shape index (κ1) is 20.9. The number of hydrogen-bond acceptors (Lipinski definition) is 6. The molecule has 1 aromatic heterocycles. The van der Waals surface area contributed by atoms with Crippen molar-refractivity contribution in [1.82, 2.24) is 9.88 Å². The van der Waals surface area contributed by atoms with Crippen LogP contribution in [-0.2, 0) is 15.8 Å². The van der Waals surface area contributed by atoms with Crippen LogP contribution in [0.2, 0.25) is 5.02 Å². The number of nitrogens with one attached hydrogen (secondary N) is 1. The van der Waals surface area contributed by atoms with E-state index < -0.39 is 11.0 Å². The van der Waals surface area contributed by atoms with Gasteiger partial charge in [0, 0.05) is 42.0 Å². The monoisotopic (exact) mass is 450 g/mol. The van der Waals surface area contributed by atoms with Gasteiger partial charge in [-0.1, -0.05) is 22.9 Å². The number of aliphatic hydroxyl groups is 1. The average molecular weight is 451 g/mol. The van der Waals surface area contributed by atoms with E-state index in [1.54, 1.807) is 35.9 Å². The first-order valence-corrected chi connectivity index (χ1v) is 10.7. The molecule has 1 spiro atoms. The summed E-state index contributed by atoms with van der Waals surface area (Å²) in [6.45, 7) is 4.77. The lowest BCUT2D eigenvalue weighted by Crippen LogP contribution is -2.41. The third kappa shape index (κ3) is 3.61. The predicted molar refractivity (Wildman–Crippen MR) is 115 cm³/mol. The number of methoxy groups -OCH3 is 1. The Morgan fingerprint density at radius 2 is 2.13 bits per heavy atom. The first-order chi connectivity index (χ1) is 14.1. The Labute approximate surface area is 183 Å². The number of halogens is 1. The van der Waals surface area contributed by atoms with Crippen molar-refractivity contribution in [2.24, 2.45) is 0 Å². The number of ether oxygens (including phenoxy) is 1. The molecule has 160 valence electrons. The fourth-order valence-corrected chi connectivity index (χ4v) is 5.08. The number of nitrogens with zero attached hydrogens (tertiary/aromatic N) is 3. The molecule has 1 saturated heterocycles. The van der Waals surface area contributed by atoms with Gasteiger partial charge in [0.15, 0.2) is 5.13 Å². The maximum absolute atomic E-state index is 13.1. The molecule has 1 unspecified atom stereocenters. The number of aromatic nitrogens is 1. The summed E-state index contributed by atoms with van der Waals surface area (Å²) in [6.07, 6.45) is 1.89. The maximum atomic E-state index is 13.1. The van der Waals surface area contributed by atoms with Crippen LogP contribution < -0.4 is 10.2 Å². The van der Waals surface area contributed by atoms with Crippen LogP contribution in [0.5, 0.6) is 0 Å². The largest absolute Gasteiger partial charge is 0.453 e. The van der Waals surface area contributed by atoms with Gasteiger partial charge >= 0.3 is 12.1 Å². The van der Waals surface area contributed by atoms with Crippen molar-refractivity contribution < 1.29 is 19.4 Å². The molecule has 1 aromatic carbocycles. The Morgan fingerprint density at radius 3 is 2.80 bits per heavy atom. The summed E-state index contributed by atoms with van der Waals surface area (Å²) in [5.41, 5.74) is 0.297. The standard InChI is InChI=1S/C20H23ClN4O4S/c1-19(2,28)15-9-22-16(30-15)23-17(26)25-11-20(6-7-24(10-20)18(27)29-3)13-8-12(21)4-5-14(13)25/h4-5,8-9,28H,6-7,10-11H2,1-3H3,(H,22,23,26). The van der Waals surface area contributed by atoms with Crippen LogP contribution in [0.15, 0.2) is 24.4 Å². The van der Waals surface area contributed by atoms with Crippen molar-refractivity contribution >= 4 is 45.9 Å². The summed E-state index contributed by atoms with van der Waals surface area (Å²) in [6, 6.07) is 5.14. The van der Waals surface area contributed by atoms with E-state index in [-0.39, 0.29) is 12.1 Å². The molecule has 2 aliphatic heterocycles. The number of carbonyl (C=O) groups is 2. The van der Waals surface area contributed by atoms with Gasteiger partial charge in [-0.3, -0.25) is 10.2 Å². The molecule has 30 heavy (non-hydrogen) atoms. The molecule has 4 rings (SSSR count). The summed E-state index contributed by atoms with van der Waals surface area (Å²) in [4.78, 5) is 33.3. The maximum Gasteiger partial charge on any atom is 0.409 e. The molecule has 0 saturated carbocycles. The third-order valence-corrected chi connectivity index (χ3v) is 7.10. The van der Waals surface area contributed by atoms with E-state index in [0.717, 1.165) is 11.3 Å². The normalized spacial score (nSPS) is 20.6. The second-order valence-electron chi connectivity index (χ2n) is 8.19. The molecule has 0 aliphatic carbocycles. The lowest BCUT2D eigenvalue weighted by molar-refractivity contribution is 0.0823. The Hall–Kier alpha value is -2.36. The zero-order valence-corrected chi connectivity index (χ0v) is 18.5. The minimum atomic E-state index is -1.02. The minimum Gasteiger partial charge on any atom is -0.453 e. The summed E-state index contributed by atoms with van der Waals surface area (Å²) in [5, 5.41) is 14.0. The Balaban J connectivity index is 1.60. The number of thiazole rings is 1. The zero-order chi connectivity index (χ0) is 21.7. The summed E-state index contributed by atoms with van der Waals surface area (Å²) >= 11 is 7.49. The lowest BCUT2D eigenvalue weighted by atomic mass is 9.81. The minimum absolute atomic E-state index is 0.316. The van der Waals surface area contributed by atoms with Gasteiger partial charge in [0.1, 0.15) is 0 Å². The number of carbonyl (C=O) groups excluding carboxylic acids is 2. The summed E-state index contributed by atoms with van der Waals surface area (Å²) in [5.74, 6) is 0. The highest BCUT2D eigenvalue weighted by Gasteiger charge is 2.50. The van der Waals surface area contributed by atoms with Crippen molar-refractivity contribution in [3.05, 3.63) is 39.9 Å². The van der Waals surface area contributed by atoms with Gasteiger partial charge in [0.25, 0.3) is 0 Å². The molecule has 2 aromatic rings. The summed E-state index contributed by atoms with van der Waals surface area (Å²) in [7, 11) is 1.36. The van der Waals surface area contributed by atoms with Crippen molar-refractivity contribution in [1.29, 1.82) is 0 Å². The van der Waals surface area contributed by atoms with Crippen LogP contribution in [0, 0.1) is 0 Å². The van der Waals surface area contributed by atoms with Gasteiger partial charge in [0.05, 0.1) is 17.6 Å². The van der Waals surface area contributed by atoms with Crippen molar-refractivity contribution in [2.45, 2.75) is 31.3 Å². The fourth-order valence-electron chi connectivity index (χ4n) is 4.10. The number of fused-ring (bicyclic) bond motifs is 2. The van der Waals surface area contributed by atoms with Crippen molar-refractivity contribution in [2.75, 3.05) is 37.0 Å². The van der Waals surface area contributed by atoms with E-state index in [0.29, 0.717) is 41.1 Å². The molecular weight excluding hydrogens is 428 g/mol. The number of amides is 3. The predicted octanol–water partition coefficient (Wildman–Crippen LogP) is 3.79. The number of urea groups is 1. The van der Waals surface area contributed by atoms with Crippen LogP contribution in [-0.4, -0.2) is 53.9 Å². The van der Waals surface area contributed by atoms with Crippen LogP contribution in [0.25, 0.3) is 0 Å². The van der Waals surface area contributed by atoms with Crippen LogP contribution in [0.1, 0.15) is 30.7 Å². The van der Waals surface area contributed by atoms with E-state index in [4.69, 9.17) is 16.3 Å². The molecule has 2 aliphatic rings. The zero-order valence-electron chi connectivity index (χ0n) is 16.9. The average Bonchev–Trinajstić information content (AvgIpc) is 3.40. The molecule has 2 N–H and O–H groups in total.